The Morgan fingerprint density at radius 3 is 2.54 bits per heavy atom. The van der Waals surface area contributed by atoms with Crippen LogP contribution in [-0.2, 0) is 6.54 Å². The summed E-state index contributed by atoms with van der Waals surface area (Å²) in [5.41, 5.74) is 3.16. The Hall–Kier alpha value is -3.08. The molecule has 5 heteroatoms. The number of carbonyl (C=O) groups excluding carboxylic acids is 1. The molecule has 1 saturated heterocycles. The van der Waals surface area contributed by atoms with Crippen molar-refractivity contribution in [2.24, 2.45) is 0 Å². The maximum Gasteiger partial charge on any atom is 0.319 e. The van der Waals surface area contributed by atoms with Crippen molar-refractivity contribution in [1.29, 1.82) is 0 Å². The van der Waals surface area contributed by atoms with Gasteiger partial charge in [-0.3, -0.25) is 4.98 Å². The molecule has 0 saturated carbocycles. The molecule has 4 rings (SSSR count). The molecule has 3 aromatic rings. The van der Waals surface area contributed by atoms with Gasteiger partial charge in [0.05, 0.1) is 5.69 Å². The molecule has 0 spiro atoms. The quantitative estimate of drug-likeness (QED) is 0.680. The van der Waals surface area contributed by atoms with Crippen molar-refractivity contribution >= 4 is 28.2 Å². The number of amides is 2. The summed E-state index contributed by atoms with van der Waals surface area (Å²) < 4.78 is 0. The topological polar surface area (TPSA) is 57.3 Å². The van der Waals surface area contributed by atoms with E-state index >= 15 is 0 Å². The second-order valence-electron chi connectivity index (χ2n) is 7.28. The van der Waals surface area contributed by atoms with Crippen molar-refractivity contribution in [2.75, 3.05) is 23.3 Å². The maximum absolute atomic E-state index is 12.3. The molecule has 0 aliphatic carbocycles. The molecule has 1 aliphatic rings. The van der Waals surface area contributed by atoms with E-state index in [4.69, 9.17) is 0 Å². The van der Waals surface area contributed by atoms with Crippen molar-refractivity contribution in [3.05, 3.63) is 66.5 Å². The molecule has 0 bridgehead atoms. The molecule has 2 amide bonds. The number of hydrogen-bond acceptors (Lipinski definition) is 3. The predicted octanol–water partition coefficient (Wildman–Crippen LogP) is 4.94. The van der Waals surface area contributed by atoms with Gasteiger partial charge in [-0.15, -0.1) is 0 Å². The highest BCUT2D eigenvalue weighted by molar-refractivity contribution is 6.01. The van der Waals surface area contributed by atoms with Gasteiger partial charge in [-0.25, -0.2) is 4.79 Å². The number of anilines is 2. The molecule has 1 aliphatic heterocycles. The van der Waals surface area contributed by atoms with E-state index in [1.807, 2.05) is 24.3 Å². The molecule has 144 valence electrons. The van der Waals surface area contributed by atoms with Gasteiger partial charge in [0.2, 0.25) is 0 Å². The summed E-state index contributed by atoms with van der Waals surface area (Å²) in [6.07, 6.45) is 8.74. The van der Waals surface area contributed by atoms with Crippen LogP contribution < -0.4 is 15.5 Å². The molecule has 5 nitrogen and oxygen atoms in total. The van der Waals surface area contributed by atoms with Crippen LogP contribution >= 0.6 is 0 Å². The molecule has 2 heterocycles. The number of hydrogen-bond donors (Lipinski definition) is 2. The standard InChI is InChI=1S/C23H26N4O/c28-23(26-22-7-5-6-19-17-24-13-12-21(19)22)25-16-18-8-10-20(11-9-18)27-14-3-1-2-4-15-27/h5-13,17H,1-4,14-16H2,(H2,25,26,28). The lowest BCUT2D eigenvalue weighted by atomic mass is 10.1. The van der Waals surface area contributed by atoms with E-state index in [2.05, 4.69) is 44.8 Å². The molecule has 2 aromatic carbocycles. The first-order valence-corrected chi connectivity index (χ1v) is 10.0. The highest BCUT2D eigenvalue weighted by atomic mass is 16.2. The summed E-state index contributed by atoms with van der Waals surface area (Å²) in [6.45, 7) is 2.78. The summed E-state index contributed by atoms with van der Waals surface area (Å²) >= 11 is 0. The zero-order valence-electron chi connectivity index (χ0n) is 16.0. The number of fused-ring (bicyclic) bond motifs is 1. The first kappa shape index (κ1) is 18.3. The van der Waals surface area contributed by atoms with Crippen LogP contribution in [0.4, 0.5) is 16.2 Å². The van der Waals surface area contributed by atoms with Crippen LogP contribution in [0.2, 0.25) is 0 Å². The molecule has 1 aromatic heterocycles. The zero-order chi connectivity index (χ0) is 19.2. The number of benzene rings is 2. The number of nitrogens with zero attached hydrogens (tertiary/aromatic N) is 2. The third-order valence-corrected chi connectivity index (χ3v) is 5.29. The summed E-state index contributed by atoms with van der Waals surface area (Å²) in [5.74, 6) is 0. The molecule has 28 heavy (non-hydrogen) atoms. The van der Waals surface area contributed by atoms with Crippen LogP contribution in [0.3, 0.4) is 0 Å². The molecule has 0 radical (unpaired) electrons. The number of urea groups is 1. The largest absolute Gasteiger partial charge is 0.372 e. The van der Waals surface area contributed by atoms with E-state index in [9.17, 15) is 4.79 Å². The number of nitrogens with one attached hydrogen (secondary N) is 2. The lowest BCUT2D eigenvalue weighted by Gasteiger charge is -2.22. The van der Waals surface area contributed by atoms with Crippen LogP contribution in [0.5, 0.6) is 0 Å². The Labute approximate surface area is 165 Å². The summed E-state index contributed by atoms with van der Waals surface area (Å²) in [7, 11) is 0. The Bertz CT molecular complexity index is 925. The van der Waals surface area contributed by atoms with E-state index in [0.717, 1.165) is 35.1 Å². The van der Waals surface area contributed by atoms with Gasteiger partial charge in [-0.05, 0) is 42.7 Å². The third-order valence-electron chi connectivity index (χ3n) is 5.29. The summed E-state index contributed by atoms with van der Waals surface area (Å²) in [6, 6.07) is 16.0. The van der Waals surface area contributed by atoms with Gasteiger partial charge >= 0.3 is 6.03 Å². The van der Waals surface area contributed by atoms with E-state index in [1.165, 1.54) is 31.4 Å². The average molecular weight is 374 g/mol. The Balaban J connectivity index is 1.34. The monoisotopic (exact) mass is 374 g/mol. The SMILES string of the molecule is O=C(NCc1ccc(N2CCCCCC2)cc1)Nc1cccc2cnccc12. The average Bonchev–Trinajstić information content (AvgIpc) is 3.03. The molecule has 0 atom stereocenters. The third kappa shape index (κ3) is 4.42. The molecular formula is C23H26N4O. The summed E-state index contributed by atoms with van der Waals surface area (Å²) in [5, 5.41) is 7.87. The number of aromatic nitrogens is 1. The first-order chi connectivity index (χ1) is 13.8. The lowest BCUT2D eigenvalue weighted by molar-refractivity contribution is 0.252. The maximum atomic E-state index is 12.3. The van der Waals surface area contributed by atoms with Crippen LogP contribution in [0.15, 0.2) is 60.9 Å². The smallest absolute Gasteiger partial charge is 0.319 e. The minimum Gasteiger partial charge on any atom is -0.372 e. The lowest BCUT2D eigenvalue weighted by Crippen LogP contribution is -2.28. The van der Waals surface area contributed by atoms with E-state index in [-0.39, 0.29) is 6.03 Å². The van der Waals surface area contributed by atoms with Crippen molar-refractivity contribution < 1.29 is 4.79 Å². The van der Waals surface area contributed by atoms with Gasteiger partial charge in [-0.1, -0.05) is 37.1 Å². The molecule has 1 fully saturated rings. The van der Waals surface area contributed by atoms with E-state index in [0.29, 0.717) is 6.54 Å². The second-order valence-corrected chi connectivity index (χ2v) is 7.28. The van der Waals surface area contributed by atoms with Crippen molar-refractivity contribution in [3.8, 4) is 0 Å². The zero-order valence-corrected chi connectivity index (χ0v) is 16.0. The van der Waals surface area contributed by atoms with Crippen LogP contribution in [0, 0.1) is 0 Å². The number of pyridine rings is 1. The molecular weight excluding hydrogens is 348 g/mol. The molecule has 2 N–H and O–H groups in total. The van der Waals surface area contributed by atoms with Crippen molar-refractivity contribution in [2.45, 2.75) is 32.2 Å². The number of rotatable bonds is 4. The predicted molar refractivity (Wildman–Crippen MR) is 115 cm³/mol. The Morgan fingerprint density at radius 1 is 0.964 bits per heavy atom. The minimum atomic E-state index is -0.207. The van der Waals surface area contributed by atoms with Crippen molar-refractivity contribution in [1.82, 2.24) is 10.3 Å². The van der Waals surface area contributed by atoms with Gasteiger partial charge in [0.1, 0.15) is 0 Å². The van der Waals surface area contributed by atoms with Gasteiger partial charge in [0.15, 0.2) is 0 Å². The number of carbonyl (C=O) groups is 1. The normalized spacial score (nSPS) is 14.5. The van der Waals surface area contributed by atoms with Crippen LogP contribution in [0.1, 0.15) is 31.2 Å². The highest BCUT2D eigenvalue weighted by Gasteiger charge is 2.10. The van der Waals surface area contributed by atoms with Crippen LogP contribution in [-0.4, -0.2) is 24.1 Å². The Morgan fingerprint density at radius 2 is 1.75 bits per heavy atom. The fraction of sp³-hybridized carbons (Fsp3) is 0.304. The molecule has 0 unspecified atom stereocenters. The first-order valence-electron chi connectivity index (χ1n) is 10.0. The minimum absolute atomic E-state index is 0.207. The van der Waals surface area contributed by atoms with E-state index in [1.54, 1.807) is 12.4 Å². The Kier molecular flexibility index (Phi) is 5.71. The van der Waals surface area contributed by atoms with Gasteiger partial charge in [-0.2, -0.15) is 0 Å². The highest BCUT2D eigenvalue weighted by Crippen LogP contribution is 2.22. The van der Waals surface area contributed by atoms with Gasteiger partial charge in [0, 0.05) is 48.5 Å². The summed E-state index contributed by atoms with van der Waals surface area (Å²) in [4.78, 5) is 18.9. The fourth-order valence-electron chi connectivity index (χ4n) is 3.73. The fourth-order valence-corrected chi connectivity index (χ4v) is 3.73. The van der Waals surface area contributed by atoms with E-state index < -0.39 is 0 Å². The van der Waals surface area contributed by atoms with Crippen LogP contribution in [0.25, 0.3) is 10.8 Å². The van der Waals surface area contributed by atoms with Crippen molar-refractivity contribution in [3.63, 3.8) is 0 Å². The van der Waals surface area contributed by atoms with Gasteiger partial charge in [0.25, 0.3) is 0 Å². The van der Waals surface area contributed by atoms with Gasteiger partial charge < -0.3 is 15.5 Å². The second kappa shape index (κ2) is 8.74.